The molecule has 1 aliphatic carbocycles. The van der Waals surface area contributed by atoms with Gasteiger partial charge in [0.1, 0.15) is 0 Å². The van der Waals surface area contributed by atoms with Gasteiger partial charge in [-0.15, -0.1) is 0 Å². The SMILES string of the molecule is N#CC1(CNCc2ccc3[nH]c(=O)[nH]c3c2)CCC1. The van der Waals surface area contributed by atoms with Crippen LogP contribution in [0.4, 0.5) is 0 Å². The monoisotopic (exact) mass is 256 g/mol. The summed E-state index contributed by atoms with van der Waals surface area (Å²) in [6.07, 6.45) is 3.16. The second-order valence-corrected chi connectivity index (χ2v) is 5.31. The highest BCUT2D eigenvalue weighted by Crippen LogP contribution is 2.39. The number of hydrogen-bond acceptors (Lipinski definition) is 3. The number of benzene rings is 1. The van der Waals surface area contributed by atoms with Gasteiger partial charge in [0, 0.05) is 13.1 Å². The van der Waals surface area contributed by atoms with E-state index in [-0.39, 0.29) is 11.1 Å². The van der Waals surface area contributed by atoms with Crippen LogP contribution in [0.15, 0.2) is 23.0 Å². The highest BCUT2D eigenvalue weighted by molar-refractivity contribution is 5.74. The zero-order chi connectivity index (χ0) is 13.3. The van der Waals surface area contributed by atoms with Crippen LogP contribution in [-0.4, -0.2) is 16.5 Å². The Morgan fingerprint density at radius 3 is 2.79 bits per heavy atom. The minimum Gasteiger partial charge on any atom is -0.311 e. The second-order valence-electron chi connectivity index (χ2n) is 5.31. The summed E-state index contributed by atoms with van der Waals surface area (Å²) in [4.78, 5) is 16.6. The van der Waals surface area contributed by atoms with Crippen LogP contribution >= 0.6 is 0 Å². The first-order valence-electron chi connectivity index (χ1n) is 6.54. The minimum atomic E-state index is -0.182. The molecule has 1 aliphatic rings. The van der Waals surface area contributed by atoms with Crippen LogP contribution in [0, 0.1) is 16.7 Å². The molecule has 0 bridgehead atoms. The van der Waals surface area contributed by atoms with Gasteiger partial charge in [0.25, 0.3) is 0 Å². The van der Waals surface area contributed by atoms with Crippen molar-refractivity contribution in [2.75, 3.05) is 6.54 Å². The van der Waals surface area contributed by atoms with Crippen molar-refractivity contribution >= 4 is 11.0 Å². The number of fused-ring (bicyclic) bond motifs is 1. The van der Waals surface area contributed by atoms with E-state index in [9.17, 15) is 4.79 Å². The Hall–Kier alpha value is -2.06. The van der Waals surface area contributed by atoms with E-state index in [1.165, 1.54) is 0 Å². The Kier molecular flexibility index (Phi) is 2.88. The van der Waals surface area contributed by atoms with Crippen LogP contribution in [0.1, 0.15) is 24.8 Å². The van der Waals surface area contributed by atoms with Crippen molar-refractivity contribution in [3.8, 4) is 6.07 Å². The molecule has 1 aromatic heterocycles. The van der Waals surface area contributed by atoms with Gasteiger partial charge < -0.3 is 15.3 Å². The zero-order valence-corrected chi connectivity index (χ0v) is 10.6. The van der Waals surface area contributed by atoms with Crippen molar-refractivity contribution < 1.29 is 0 Å². The molecule has 3 rings (SSSR count). The van der Waals surface area contributed by atoms with Gasteiger partial charge in [0.05, 0.1) is 22.5 Å². The van der Waals surface area contributed by atoms with E-state index < -0.39 is 0 Å². The molecule has 1 aromatic carbocycles. The first-order chi connectivity index (χ1) is 9.21. The summed E-state index contributed by atoms with van der Waals surface area (Å²) in [5, 5.41) is 12.5. The third-order valence-corrected chi connectivity index (χ3v) is 3.92. The average molecular weight is 256 g/mol. The highest BCUT2D eigenvalue weighted by Gasteiger charge is 2.36. The number of nitrogens with one attached hydrogen (secondary N) is 3. The van der Waals surface area contributed by atoms with Crippen molar-refractivity contribution in [1.29, 1.82) is 5.26 Å². The van der Waals surface area contributed by atoms with Crippen molar-refractivity contribution in [3.05, 3.63) is 34.2 Å². The highest BCUT2D eigenvalue weighted by atomic mass is 16.1. The fourth-order valence-corrected chi connectivity index (χ4v) is 2.57. The Balaban J connectivity index is 1.65. The molecular weight excluding hydrogens is 240 g/mol. The molecule has 0 unspecified atom stereocenters. The van der Waals surface area contributed by atoms with Crippen LogP contribution in [-0.2, 0) is 6.54 Å². The van der Waals surface area contributed by atoms with Crippen LogP contribution in [0.5, 0.6) is 0 Å². The standard InChI is InChI=1S/C14H16N4O/c15-8-14(4-1-5-14)9-16-7-10-2-3-11-12(6-10)18-13(19)17-11/h2-3,6,16H,1,4-5,7,9H2,(H2,17,18,19). The largest absolute Gasteiger partial charge is 0.323 e. The first-order valence-corrected chi connectivity index (χ1v) is 6.54. The van der Waals surface area contributed by atoms with Gasteiger partial charge in [-0.2, -0.15) is 5.26 Å². The molecule has 3 N–H and O–H groups in total. The van der Waals surface area contributed by atoms with Crippen molar-refractivity contribution in [2.24, 2.45) is 5.41 Å². The number of H-pyrrole nitrogens is 2. The van der Waals surface area contributed by atoms with Gasteiger partial charge in [-0.3, -0.25) is 0 Å². The van der Waals surface area contributed by atoms with Gasteiger partial charge in [0.2, 0.25) is 0 Å². The molecule has 5 heteroatoms. The Bertz CT molecular complexity index is 687. The number of rotatable bonds is 4. The molecule has 5 nitrogen and oxygen atoms in total. The average Bonchev–Trinajstić information content (AvgIpc) is 2.72. The predicted molar refractivity (Wildman–Crippen MR) is 72.5 cm³/mol. The van der Waals surface area contributed by atoms with Crippen molar-refractivity contribution in [2.45, 2.75) is 25.8 Å². The van der Waals surface area contributed by atoms with Crippen LogP contribution in [0.25, 0.3) is 11.0 Å². The summed E-state index contributed by atoms with van der Waals surface area (Å²) >= 11 is 0. The molecule has 0 spiro atoms. The fourth-order valence-electron chi connectivity index (χ4n) is 2.57. The molecule has 19 heavy (non-hydrogen) atoms. The lowest BCUT2D eigenvalue weighted by Gasteiger charge is -2.35. The van der Waals surface area contributed by atoms with Gasteiger partial charge in [-0.1, -0.05) is 12.5 Å². The molecule has 2 aromatic rings. The summed E-state index contributed by atoms with van der Waals surface area (Å²) in [5.74, 6) is 0. The van der Waals surface area contributed by atoms with Gasteiger partial charge in [-0.05, 0) is 30.5 Å². The molecule has 0 aliphatic heterocycles. The second kappa shape index (κ2) is 4.56. The molecule has 0 saturated heterocycles. The third-order valence-electron chi connectivity index (χ3n) is 3.92. The van der Waals surface area contributed by atoms with Gasteiger partial charge >= 0.3 is 5.69 Å². The summed E-state index contributed by atoms with van der Waals surface area (Å²) in [6.45, 7) is 1.46. The molecular formula is C14H16N4O. The van der Waals surface area contributed by atoms with Gasteiger partial charge in [-0.25, -0.2) is 4.79 Å². The smallest absolute Gasteiger partial charge is 0.311 e. The van der Waals surface area contributed by atoms with E-state index in [0.29, 0.717) is 6.54 Å². The molecule has 1 heterocycles. The number of imidazole rings is 1. The van der Waals surface area contributed by atoms with Crippen molar-refractivity contribution in [1.82, 2.24) is 15.3 Å². The summed E-state index contributed by atoms with van der Waals surface area (Å²) < 4.78 is 0. The van der Waals surface area contributed by atoms with E-state index in [0.717, 1.165) is 42.4 Å². The number of aromatic nitrogens is 2. The van der Waals surface area contributed by atoms with Crippen molar-refractivity contribution in [3.63, 3.8) is 0 Å². The first kappa shape index (κ1) is 12.0. The lowest BCUT2D eigenvalue weighted by Crippen LogP contribution is -2.38. The summed E-state index contributed by atoms with van der Waals surface area (Å²) in [7, 11) is 0. The van der Waals surface area contributed by atoms with Gasteiger partial charge in [0.15, 0.2) is 0 Å². The third kappa shape index (κ3) is 2.27. The Labute approximate surface area is 110 Å². The summed E-state index contributed by atoms with van der Waals surface area (Å²) in [5.41, 5.74) is 2.42. The van der Waals surface area contributed by atoms with E-state index >= 15 is 0 Å². The topological polar surface area (TPSA) is 84.5 Å². The maximum Gasteiger partial charge on any atom is 0.323 e. The van der Waals surface area contributed by atoms with Crippen LogP contribution < -0.4 is 11.0 Å². The van der Waals surface area contributed by atoms with Crippen LogP contribution in [0.2, 0.25) is 0 Å². The number of hydrogen-bond donors (Lipinski definition) is 3. The molecule has 1 saturated carbocycles. The van der Waals surface area contributed by atoms with E-state index in [2.05, 4.69) is 21.4 Å². The Morgan fingerprint density at radius 2 is 2.11 bits per heavy atom. The quantitative estimate of drug-likeness (QED) is 0.777. The molecule has 1 fully saturated rings. The maximum absolute atomic E-state index is 11.2. The van der Waals surface area contributed by atoms with E-state index in [1.54, 1.807) is 0 Å². The lowest BCUT2D eigenvalue weighted by atomic mass is 9.70. The van der Waals surface area contributed by atoms with E-state index in [4.69, 9.17) is 5.26 Å². The van der Waals surface area contributed by atoms with E-state index in [1.807, 2.05) is 18.2 Å². The fraction of sp³-hybridized carbons (Fsp3) is 0.429. The minimum absolute atomic E-state index is 0.146. The number of nitriles is 1. The predicted octanol–water partition coefficient (Wildman–Crippen LogP) is 1.64. The normalized spacial score (nSPS) is 17.0. The molecule has 98 valence electrons. The summed E-state index contributed by atoms with van der Waals surface area (Å²) in [6, 6.07) is 8.26. The Morgan fingerprint density at radius 1 is 1.32 bits per heavy atom. The molecule has 0 atom stereocenters. The number of aromatic amines is 2. The van der Waals surface area contributed by atoms with Crippen LogP contribution in [0.3, 0.4) is 0 Å². The lowest BCUT2D eigenvalue weighted by molar-refractivity contribution is 0.206. The zero-order valence-electron chi connectivity index (χ0n) is 10.6. The molecule has 0 amide bonds. The molecule has 0 radical (unpaired) electrons. The number of nitrogens with zero attached hydrogens (tertiary/aromatic N) is 1. The maximum atomic E-state index is 11.2.